The summed E-state index contributed by atoms with van der Waals surface area (Å²) in [6.07, 6.45) is 3.77. The van der Waals surface area contributed by atoms with Crippen molar-refractivity contribution < 1.29 is 4.74 Å². The third-order valence-corrected chi connectivity index (χ3v) is 3.62. The van der Waals surface area contributed by atoms with Crippen molar-refractivity contribution in [1.82, 2.24) is 0 Å². The van der Waals surface area contributed by atoms with Crippen LogP contribution in [0.25, 0.3) is 0 Å². The van der Waals surface area contributed by atoms with Gasteiger partial charge in [-0.05, 0) is 55.2 Å². The van der Waals surface area contributed by atoms with Gasteiger partial charge in [0.1, 0.15) is 5.75 Å². The van der Waals surface area contributed by atoms with Crippen LogP contribution in [0.4, 0.5) is 0 Å². The molecular formula is C18H30O. The van der Waals surface area contributed by atoms with Crippen LogP contribution in [-0.2, 0) is 0 Å². The van der Waals surface area contributed by atoms with E-state index in [1.54, 1.807) is 0 Å². The number of benzene rings is 1. The lowest BCUT2D eigenvalue weighted by Gasteiger charge is -2.25. The summed E-state index contributed by atoms with van der Waals surface area (Å²) in [6.45, 7) is 13.5. The Morgan fingerprint density at radius 3 is 2.00 bits per heavy atom. The fourth-order valence-electron chi connectivity index (χ4n) is 2.37. The van der Waals surface area contributed by atoms with Gasteiger partial charge in [0.05, 0.1) is 6.10 Å². The number of hydrogen-bond donors (Lipinski definition) is 0. The predicted octanol–water partition coefficient (Wildman–Crippen LogP) is 5.79. The first-order chi connectivity index (χ1) is 8.85. The molecule has 0 saturated carbocycles. The summed E-state index contributed by atoms with van der Waals surface area (Å²) in [5.74, 6) is 1.64. The van der Waals surface area contributed by atoms with E-state index in [4.69, 9.17) is 4.74 Å². The Bertz CT molecular complexity index is 358. The van der Waals surface area contributed by atoms with E-state index in [1.165, 1.54) is 18.4 Å². The number of rotatable bonds is 6. The molecule has 0 fully saturated rings. The van der Waals surface area contributed by atoms with Gasteiger partial charge in [-0.2, -0.15) is 0 Å². The van der Waals surface area contributed by atoms with Gasteiger partial charge < -0.3 is 4.74 Å². The molecular weight excluding hydrogens is 232 g/mol. The first-order valence-corrected chi connectivity index (χ1v) is 7.62. The molecule has 1 nitrogen and oxygen atoms in total. The highest BCUT2D eigenvalue weighted by Crippen LogP contribution is 2.34. The monoisotopic (exact) mass is 262 g/mol. The summed E-state index contributed by atoms with van der Waals surface area (Å²) in [6, 6.07) is 8.70. The zero-order valence-electron chi connectivity index (χ0n) is 13.5. The molecule has 0 aliphatic carbocycles. The van der Waals surface area contributed by atoms with Crippen molar-refractivity contribution in [3.63, 3.8) is 0 Å². The van der Waals surface area contributed by atoms with Crippen LogP contribution in [0.3, 0.4) is 0 Å². The summed E-state index contributed by atoms with van der Waals surface area (Å²) in [4.78, 5) is 0. The van der Waals surface area contributed by atoms with Crippen LogP contribution in [-0.4, -0.2) is 6.10 Å². The van der Waals surface area contributed by atoms with Crippen LogP contribution in [0.5, 0.6) is 5.75 Å². The van der Waals surface area contributed by atoms with Gasteiger partial charge in [0.2, 0.25) is 0 Å². The Hall–Kier alpha value is -0.980. The van der Waals surface area contributed by atoms with Crippen molar-refractivity contribution in [2.45, 2.75) is 72.8 Å². The van der Waals surface area contributed by atoms with Gasteiger partial charge in [0, 0.05) is 0 Å². The Labute approximate surface area is 119 Å². The Morgan fingerprint density at radius 1 is 1.00 bits per heavy atom. The largest absolute Gasteiger partial charge is 0.491 e. The van der Waals surface area contributed by atoms with E-state index in [1.807, 2.05) is 0 Å². The van der Waals surface area contributed by atoms with E-state index >= 15 is 0 Å². The van der Waals surface area contributed by atoms with Crippen LogP contribution in [0.1, 0.15) is 72.3 Å². The van der Waals surface area contributed by atoms with E-state index < -0.39 is 0 Å². The Balaban J connectivity index is 2.73. The minimum atomic E-state index is 0.294. The maximum absolute atomic E-state index is 5.83. The first-order valence-electron chi connectivity index (χ1n) is 7.62. The fraction of sp³-hybridized carbons (Fsp3) is 0.667. The average Bonchev–Trinajstić information content (AvgIpc) is 2.35. The van der Waals surface area contributed by atoms with Gasteiger partial charge >= 0.3 is 0 Å². The van der Waals surface area contributed by atoms with Crippen LogP contribution in [0, 0.1) is 5.41 Å². The highest BCUT2D eigenvalue weighted by atomic mass is 16.5. The fourth-order valence-corrected chi connectivity index (χ4v) is 2.37. The van der Waals surface area contributed by atoms with E-state index in [0.29, 0.717) is 17.4 Å². The molecule has 0 heterocycles. The van der Waals surface area contributed by atoms with Crippen molar-refractivity contribution in [2.24, 2.45) is 5.41 Å². The summed E-state index contributed by atoms with van der Waals surface area (Å²) in [7, 11) is 0. The Kier molecular flexibility index (Phi) is 5.90. The predicted molar refractivity (Wildman–Crippen MR) is 83.9 cm³/mol. The van der Waals surface area contributed by atoms with Gasteiger partial charge in [-0.25, -0.2) is 0 Å². The molecule has 0 bridgehead atoms. The number of ether oxygens (including phenoxy) is 1. The molecule has 0 N–H and O–H groups in total. The SMILES string of the molecule is CCC(C)Oc1ccc(C(CC)CC(C)(C)C)cc1. The van der Waals surface area contributed by atoms with Crippen molar-refractivity contribution >= 4 is 0 Å². The molecule has 1 aromatic carbocycles. The quantitative estimate of drug-likeness (QED) is 0.630. The Morgan fingerprint density at radius 2 is 1.58 bits per heavy atom. The summed E-state index contributed by atoms with van der Waals surface area (Å²) >= 11 is 0. The normalized spacial score (nSPS) is 15.1. The molecule has 0 amide bonds. The molecule has 1 heteroatoms. The van der Waals surface area contributed by atoms with E-state index in [9.17, 15) is 0 Å². The minimum Gasteiger partial charge on any atom is -0.491 e. The molecule has 2 atom stereocenters. The van der Waals surface area contributed by atoms with Crippen LogP contribution < -0.4 is 4.74 Å². The van der Waals surface area contributed by atoms with Crippen molar-refractivity contribution in [2.75, 3.05) is 0 Å². The maximum Gasteiger partial charge on any atom is 0.119 e. The molecule has 0 spiro atoms. The lowest BCUT2D eigenvalue weighted by Crippen LogP contribution is -2.12. The standard InChI is InChI=1S/C18H30O/c1-7-14(3)19-17-11-9-16(10-12-17)15(8-2)13-18(4,5)6/h9-12,14-15H,7-8,13H2,1-6H3. The summed E-state index contributed by atoms with van der Waals surface area (Å²) in [5.41, 5.74) is 1.82. The third-order valence-electron chi connectivity index (χ3n) is 3.62. The first kappa shape index (κ1) is 16.1. The molecule has 108 valence electrons. The molecule has 0 saturated heterocycles. The minimum absolute atomic E-state index is 0.294. The van der Waals surface area contributed by atoms with E-state index in [2.05, 4.69) is 65.8 Å². The lowest BCUT2D eigenvalue weighted by molar-refractivity contribution is 0.217. The van der Waals surface area contributed by atoms with E-state index in [0.717, 1.165) is 12.2 Å². The third kappa shape index (κ3) is 5.67. The van der Waals surface area contributed by atoms with Crippen LogP contribution in [0.2, 0.25) is 0 Å². The zero-order chi connectivity index (χ0) is 14.5. The average molecular weight is 262 g/mol. The van der Waals surface area contributed by atoms with E-state index in [-0.39, 0.29) is 0 Å². The van der Waals surface area contributed by atoms with Crippen molar-refractivity contribution in [3.8, 4) is 5.75 Å². The van der Waals surface area contributed by atoms with Gasteiger partial charge in [-0.15, -0.1) is 0 Å². The molecule has 0 aromatic heterocycles. The highest BCUT2D eigenvalue weighted by Gasteiger charge is 2.18. The number of hydrogen-bond acceptors (Lipinski definition) is 1. The highest BCUT2D eigenvalue weighted by molar-refractivity contribution is 5.29. The van der Waals surface area contributed by atoms with Gasteiger partial charge in [-0.1, -0.05) is 46.8 Å². The molecule has 2 unspecified atom stereocenters. The zero-order valence-corrected chi connectivity index (χ0v) is 13.5. The summed E-state index contributed by atoms with van der Waals surface area (Å²) in [5, 5.41) is 0. The van der Waals surface area contributed by atoms with Crippen molar-refractivity contribution in [3.05, 3.63) is 29.8 Å². The van der Waals surface area contributed by atoms with Gasteiger partial charge in [0.15, 0.2) is 0 Å². The van der Waals surface area contributed by atoms with Crippen LogP contribution in [0.15, 0.2) is 24.3 Å². The molecule has 19 heavy (non-hydrogen) atoms. The lowest BCUT2D eigenvalue weighted by atomic mass is 9.80. The van der Waals surface area contributed by atoms with Gasteiger partial charge in [-0.3, -0.25) is 0 Å². The summed E-state index contributed by atoms with van der Waals surface area (Å²) < 4.78 is 5.83. The topological polar surface area (TPSA) is 9.23 Å². The van der Waals surface area contributed by atoms with Crippen LogP contribution >= 0.6 is 0 Å². The smallest absolute Gasteiger partial charge is 0.119 e. The second-order valence-corrected chi connectivity index (χ2v) is 6.78. The second-order valence-electron chi connectivity index (χ2n) is 6.78. The van der Waals surface area contributed by atoms with Gasteiger partial charge in [0.25, 0.3) is 0 Å². The molecule has 1 rings (SSSR count). The second kappa shape index (κ2) is 6.98. The molecule has 1 aromatic rings. The molecule has 0 aliphatic heterocycles. The molecule has 0 aliphatic rings. The maximum atomic E-state index is 5.83. The van der Waals surface area contributed by atoms with Crippen molar-refractivity contribution in [1.29, 1.82) is 0 Å². The molecule has 0 radical (unpaired) electrons.